The fraction of sp³-hybridized carbons (Fsp3) is 0.316. The number of nitrogens with one attached hydrogen (secondary N) is 1. The maximum absolute atomic E-state index is 6.19. The molecule has 0 aliphatic carbocycles. The number of hydrogen-bond donors (Lipinski definition) is 1. The number of anilines is 1. The number of rotatable bonds is 6. The molecule has 0 fully saturated rings. The molecule has 0 bridgehead atoms. The van der Waals surface area contributed by atoms with Crippen molar-refractivity contribution in [1.29, 1.82) is 0 Å². The molecule has 0 aliphatic heterocycles. The third-order valence-corrected chi connectivity index (χ3v) is 4.56. The van der Waals surface area contributed by atoms with Gasteiger partial charge in [-0.05, 0) is 48.8 Å². The van der Waals surface area contributed by atoms with Gasteiger partial charge in [-0.1, -0.05) is 61.3 Å². The molecule has 4 heteroatoms. The lowest BCUT2D eigenvalue weighted by Gasteiger charge is -2.26. The SMILES string of the molecule is CCCCN(Cc1ccccc1)C(=S)Nc1cccc(Cl)c1C. The molecule has 0 saturated heterocycles. The van der Waals surface area contributed by atoms with Crippen LogP contribution >= 0.6 is 23.8 Å². The van der Waals surface area contributed by atoms with Crippen LogP contribution in [0.1, 0.15) is 30.9 Å². The van der Waals surface area contributed by atoms with E-state index >= 15 is 0 Å². The molecule has 122 valence electrons. The van der Waals surface area contributed by atoms with E-state index < -0.39 is 0 Å². The molecule has 1 N–H and O–H groups in total. The topological polar surface area (TPSA) is 15.3 Å². The summed E-state index contributed by atoms with van der Waals surface area (Å²) in [7, 11) is 0. The second-order valence-corrected chi connectivity index (χ2v) is 6.40. The Labute approximate surface area is 149 Å². The van der Waals surface area contributed by atoms with E-state index in [1.165, 1.54) is 5.56 Å². The first-order valence-corrected chi connectivity index (χ1v) is 8.75. The standard InChI is InChI=1S/C19H23ClN2S/c1-3-4-13-22(14-16-9-6-5-7-10-16)19(23)21-18-12-8-11-17(20)15(18)2/h5-12H,3-4,13-14H2,1-2H3,(H,21,23). The van der Waals surface area contributed by atoms with Crippen molar-refractivity contribution in [3.63, 3.8) is 0 Å². The minimum absolute atomic E-state index is 0.743. The molecule has 0 unspecified atom stereocenters. The van der Waals surface area contributed by atoms with Crippen molar-refractivity contribution in [3.8, 4) is 0 Å². The van der Waals surface area contributed by atoms with Gasteiger partial charge in [0.2, 0.25) is 0 Å². The molecule has 0 aromatic heterocycles. The van der Waals surface area contributed by atoms with Crippen molar-refractivity contribution in [2.45, 2.75) is 33.2 Å². The Balaban J connectivity index is 2.11. The predicted molar refractivity (Wildman–Crippen MR) is 104 cm³/mol. The van der Waals surface area contributed by atoms with E-state index in [0.717, 1.165) is 47.3 Å². The highest BCUT2D eigenvalue weighted by atomic mass is 35.5. The largest absolute Gasteiger partial charge is 0.345 e. The van der Waals surface area contributed by atoms with Crippen LogP contribution in [0.5, 0.6) is 0 Å². The van der Waals surface area contributed by atoms with Crippen LogP contribution in [0, 0.1) is 6.92 Å². The summed E-state index contributed by atoms with van der Waals surface area (Å²) in [6.45, 7) is 5.95. The zero-order chi connectivity index (χ0) is 16.7. The van der Waals surface area contributed by atoms with Crippen molar-refractivity contribution in [2.24, 2.45) is 0 Å². The highest BCUT2D eigenvalue weighted by Gasteiger charge is 2.12. The van der Waals surface area contributed by atoms with Gasteiger partial charge in [0.1, 0.15) is 0 Å². The predicted octanol–water partition coefficient (Wildman–Crippen LogP) is 5.65. The number of unbranched alkanes of at least 4 members (excludes halogenated alkanes) is 1. The fourth-order valence-electron chi connectivity index (χ4n) is 2.34. The molecule has 23 heavy (non-hydrogen) atoms. The monoisotopic (exact) mass is 346 g/mol. The molecule has 0 atom stereocenters. The number of thiocarbonyl (C=S) groups is 1. The van der Waals surface area contributed by atoms with Crippen molar-refractivity contribution in [2.75, 3.05) is 11.9 Å². The van der Waals surface area contributed by atoms with Crippen LogP contribution < -0.4 is 5.32 Å². The average Bonchev–Trinajstić information content (AvgIpc) is 2.56. The molecular weight excluding hydrogens is 324 g/mol. The summed E-state index contributed by atoms with van der Waals surface area (Å²) in [5.74, 6) is 0. The summed E-state index contributed by atoms with van der Waals surface area (Å²) in [6, 6.07) is 16.3. The summed E-state index contributed by atoms with van der Waals surface area (Å²) >= 11 is 11.8. The normalized spacial score (nSPS) is 10.4. The Morgan fingerprint density at radius 3 is 2.57 bits per heavy atom. The Kier molecular flexibility index (Phi) is 6.87. The van der Waals surface area contributed by atoms with E-state index in [9.17, 15) is 0 Å². The van der Waals surface area contributed by atoms with Crippen LogP contribution in [-0.2, 0) is 6.54 Å². The Bertz CT molecular complexity index is 643. The number of halogens is 1. The van der Waals surface area contributed by atoms with Crippen LogP contribution in [0.15, 0.2) is 48.5 Å². The smallest absolute Gasteiger partial charge is 0.173 e. The number of benzene rings is 2. The molecule has 0 heterocycles. The Morgan fingerprint density at radius 1 is 1.13 bits per heavy atom. The van der Waals surface area contributed by atoms with Gasteiger partial charge in [-0.3, -0.25) is 0 Å². The lowest BCUT2D eigenvalue weighted by molar-refractivity contribution is 0.408. The first-order valence-electron chi connectivity index (χ1n) is 7.96. The van der Waals surface area contributed by atoms with Gasteiger partial charge in [0.05, 0.1) is 0 Å². The van der Waals surface area contributed by atoms with Crippen LogP contribution in [0.4, 0.5) is 5.69 Å². The molecule has 0 saturated carbocycles. The second kappa shape index (κ2) is 8.90. The van der Waals surface area contributed by atoms with Crippen LogP contribution in [0.25, 0.3) is 0 Å². The zero-order valence-electron chi connectivity index (χ0n) is 13.7. The average molecular weight is 347 g/mol. The van der Waals surface area contributed by atoms with Gasteiger partial charge in [0.15, 0.2) is 5.11 Å². The minimum Gasteiger partial charge on any atom is -0.345 e. The zero-order valence-corrected chi connectivity index (χ0v) is 15.3. The second-order valence-electron chi connectivity index (χ2n) is 5.60. The molecule has 0 spiro atoms. The van der Waals surface area contributed by atoms with Crippen molar-refractivity contribution >= 4 is 34.6 Å². The first-order chi connectivity index (χ1) is 11.1. The van der Waals surface area contributed by atoms with E-state index in [2.05, 4.69) is 41.4 Å². The van der Waals surface area contributed by atoms with E-state index in [4.69, 9.17) is 23.8 Å². The molecule has 2 nitrogen and oxygen atoms in total. The Hall–Kier alpha value is -1.58. The quantitative estimate of drug-likeness (QED) is 0.680. The van der Waals surface area contributed by atoms with Gasteiger partial charge in [-0.25, -0.2) is 0 Å². The van der Waals surface area contributed by atoms with Gasteiger partial charge in [-0.15, -0.1) is 0 Å². The molecule has 0 radical (unpaired) electrons. The summed E-state index contributed by atoms with van der Waals surface area (Å²) in [6.07, 6.45) is 2.26. The molecular formula is C19H23ClN2S. The van der Waals surface area contributed by atoms with E-state index in [0.29, 0.717) is 0 Å². The third kappa shape index (κ3) is 5.22. The van der Waals surface area contributed by atoms with E-state index in [1.54, 1.807) is 0 Å². The van der Waals surface area contributed by atoms with E-state index in [1.807, 2.05) is 31.2 Å². The van der Waals surface area contributed by atoms with Crippen LogP contribution in [-0.4, -0.2) is 16.6 Å². The maximum atomic E-state index is 6.19. The molecule has 0 aliphatic rings. The summed E-state index contributed by atoms with van der Waals surface area (Å²) in [5.41, 5.74) is 3.25. The summed E-state index contributed by atoms with van der Waals surface area (Å²) in [4.78, 5) is 2.22. The minimum atomic E-state index is 0.743. The maximum Gasteiger partial charge on any atom is 0.173 e. The van der Waals surface area contributed by atoms with Crippen LogP contribution in [0.2, 0.25) is 5.02 Å². The van der Waals surface area contributed by atoms with E-state index in [-0.39, 0.29) is 0 Å². The number of nitrogens with zero attached hydrogens (tertiary/aromatic N) is 1. The lowest BCUT2D eigenvalue weighted by Crippen LogP contribution is -2.35. The summed E-state index contributed by atoms with van der Waals surface area (Å²) < 4.78 is 0. The lowest BCUT2D eigenvalue weighted by atomic mass is 10.2. The number of hydrogen-bond acceptors (Lipinski definition) is 1. The van der Waals surface area contributed by atoms with Gasteiger partial charge >= 0.3 is 0 Å². The van der Waals surface area contributed by atoms with Crippen molar-refractivity contribution in [1.82, 2.24) is 4.90 Å². The van der Waals surface area contributed by atoms with Crippen LogP contribution in [0.3, 0.4) is 0 Å². The first kappa shape index (κ1) is 17.8. The third-order valence-electron chi connectivity index (χ3n) is 3.79. The molecule has 2 aromatic carbocycles. The van der Waals surface area contributed by atoms with Gasteiger partial charge < -0.3 is 10.2 Å². The van der Waals surface area contributed by atoms with Crippen molar-refractivity contribution in [3.05, 3.63) is 64.7 Å². The van der Waals surface area contributed by atoms with Gasteiger partial charge in [0.25, 0.3) is 0 Å². The summed E-state index contributed by atoms with van der Waals surface area (Å²) in [5, 5.41) is 4.85. The molecule has 2 rings (SSSR count). The van der Waals surface area contributed by atoms with Gasteiger partial charge in [-0.2, -0.15) is 0 Å². The van der Waals surface area contributed by atoms with Crippen molar-refractivity contribution < 1.29 is 0 Å². The fourth-order valence-corrected chi connectivity index (χ4v) is 2.78. The van der Waals surface area contributed by atoms with Gasteiger partial charge in [0, 0.05) is 23.8 Å². The highest BCUT2D eigenvalue weighted by Crippen LogP contribution is 2.23. The Morgan fingerprint density at radius 2 is 1.87 bits per heavy atom. The molecule has 2 aromatic rings. The molecule has 0 amide bonds. The highest BCUT2D eigenvalue weighted by molar-refractivity contribution is 7.80.